The summed E-state index contributed by atoms with van der Waals surface area (Å²) in [6.45, 7) is 0.0924. The molecule has 0 saturated heterocycles. The van der Waals surface area contributed by atoms with Crippen LogP contribution in [0.2, 0.25) is 5.02 Å². The Balaban J connectivity index is 1.90. The van der Waals surface area contributed by atoms with E-state index in [4.69, 9.17) is 26.8 Å². The van der Waals surface area contributed by atoms with Gasteiger partial charge in [-0.1, -0.05) is 11.6 Å². The standard InChI is InChI=1S/C14H10ClFN2O3/c15-7-1-2-9(16)8(3-7)14(19)18-11-5-13-12(4-10(11)17)20-6-21-13/h1-5H,6,17H2,(H,18,19). The molecule has 7 heteroatoms. The van der Waals surface area contributed by atoms with Crippen LogP contribution in [0.15, 0.2) is 30.3 Å². The summed E-state index contributed by atoms with van der Waals surface area (Å²) in [5, 5.41) is 2.79. The van der Waals surface area contributed by atoms with Crippen LogP contribution in [-0.2, 0) is 0 Å². The van der Waals surface area contributed by atoms with Gasteiger partial charge in [-0.05, 0) is 18.2 Å². The minimum Gasteiger partial charge on any atom is -0.454 e. The highest BCUT2D eigenvalue weighted by atomic mass is 35.5. The van der Waals surface area contributed by atoms with Gasteiger partial charge in [0.2, 0.25) is 6.79 Å². The van der Waals surface area contributed by atoms with Crippen LogP contribution in [0.4, 0.5) is 15.8 Å². The van der Waals surface area contributed by atoms with Gasteiger partial charge >= 0.3 is 0 Å². The number of carbonyl (C=O) groups excluding carboxylic acids is 1. The number of nitrogens with two attached hydrogens (primary N) is 1. The summed E-state index contributed by atoms with van der Waals surface area (Å²) in [5.74, 6) is -0.359. The van der Waals surface area contributed by atoms with Gasteiger partial charge in [0, 0.05) is 17.2 Å². The third-order valence-corrected chi connectivity index (χ3v) is 3.20. The monoisotopic (exact) mass is 308 g/mol. The molecular weight excluding hydrogens is 299 g/mol. The van der Waals surface area contributed by atoms with Crippen molar-refractivity contribution in [3.8, 4) is 11.5 Å². The number of carbonyl (C=O) groups is 1. The molecule has 3 N–H and O–H groups in total. The fourth-order valence-electron chi connectivity index (χ4n) is 1.93. The van der Waals surface area contributed by atoms with Crippen molar-refractivity contribution in [1.29, 1.82) is 0 Å². The number of nitrogen functional groups attached to an aromatic ring is 1. The largest absolute Gasteiger partial charge is 0.454 e. The summed E-state index contributed by atoms with van der Waals surface area (Å²) >= 11 is 5.76. The van der Waals surface area contributed by atoms with Crippen molar-refractivity contribution in [2.45, 2.75) is 0 Å². The predicted octanol–water partition coefficient (Wildman–Crippen LogP) is 3.04. The van der Waals surface area contributed by atoms with E-state index in [-0.39, 0.29) is 23.1 Å². The van der Waals surface area contributed by atoms with Crippen LogP contribution >= 0.6 is 11.6 Å². The molecule has 2 aromatic rings. The van der Waals surface area contributed by atoms with Crippen molar-refractivity contribution in [2.24, 2.45) is 0 Å². The second kappa shape index (κ2) is 5.14. The average Bonchev–Trinajstić information content (AvgIpc) is 2.88. The molecule has 0 atom stereocenters. The van der Waals surface area contributed by atoms with Crippen molar-refractivity contribution in [1.82, 2.24) is 0 Å². The number of anilines is 2. The van der Waals surface area contributed by atoms with E-state index in [9.17, 15) is 9.18 Å². The van der Waals surface area contributed by atoms with Crippen molar-refractivity contribution in [3.05, 3.63) is 46.7 Å². The zero-order chi connectivity index (χ0) is 15.0. The normalized spacial score (nSPS) is 12.3. The first kappa shape index (κ1) is 13.5. The van der Waals surface area contributed by atoms with Crippen molar-refractivity contribution >= 4 is 28.9 Å². The third kappa shape index (κ3) is 2.57. The Bertz CT molecular complexity index is 736. The van der Waals surface area contributed by atoms with Gasteiger partial charge in [0.15, 0.2) is 11.5 Å². The summed E-state index contributed by atoms with van der Waals surface area (Å²) in [6.07, 6.45) is 0. The van der Waals surface area contributed by atoms with Crippen LogP contribution in [-0.4, -0.2) is 12.7 Å². The van der Waals surface area contributed by atoms with Gasteiger partial charge in [-0.15, -0.1) is 0 Å². The molecule has 2 aromatic carbocycles. The quantitative estimate of drug-likeness (QED) is 0.836. The number of benzene rings is 2. The van der Waals surface area contributed by atoms with Crippen molar-refractivity contribution in [2.75, 3.05) is 17.8 Å². The maximum atomic E-state index is 13.6. The predicted molar refractivity (Wildman–Crippen MR) is 76.3 cm³/mol. The Morgan fingerprint density at radius 2 is 1.95 bits per heavy atom. The van der Waals surface area contributed by atoms with Gasteiger partial charge in [-0.2, -0.15) is 0 Å². The second-order valence-corrected chi connectivity index (χ2v) is 4.81. The first-order valence-electron chi connectivity index (χ1n) is 6.00. The topological polar surface area (TPSA) is 73.6 Å². The van der Waals surface area contributed by atoms with Crippen LogP contribution in [0.25, 0.3) is 0 Å². The molecule has 0 spiro atoms. The number of halogens is 2. The van der Waals surface area contributed by atoms with E-state index in [2.05, 4.69) is 5.32 Å². The molecule has 0 radical (unpaired) electrons. The maximum Gasteiger partial charge on any atom is 0.258 e. The lowest BCUT2D eigenvalue weighted by atomic mass is 10.2. The number of fused-ring (bicyclic) bond motifs is 1. The molecule has 5 nitrogen and oxygen atoms in total. The van der Waals surface area contributed by atoms with Gasteiger partial charge in [0.25, 0.3) is 5.91 Å². The lowest BCUT2D eigenvalue weighted by molar-refractivity contribution is 0.102. The summed E-state index contributed by atoms with van der Waals surface area (Å²) in [4.78, 5) is 12.1. The third-order valence-electron chi connectivity index (χ3n) is 2.97. The lowest BCUT2D eigenvalue weighted by Crippen LogP contribution is -2.14. The molecule has 0 aliphatic carbocycles. The molecule has 0 unspecified atom stereocenters. The summed E-state index contributed by atoms with van der Waals surface area (Å²) in [7, 11) is 0. The van der Waals surface area contributed by atoms with Crippen molar-refractivity contribution in [3.63, 3.8) is 0 Å². The maximum absolute atomic E-state index is 13.6. The van der Waals surface area contributed by atoms with Gasteiger partial charge in [-0.25, -0.2) is 4.39 Å². The number of ether oxygens (including phenoxy) is 2. The highest BCUT2D eigenvalue weighted by Crippen LogP contribution is 2.38. The molecule has 0 aromatic heterocycles. The Hall–Kier alpha value is -2.47. The van der Waals surface area contributed by atoms with E-state index in [1.54, 1.807) is 0 Å². The molecule has 1 aliphatic heterocycles. The van der Waals surface area contributed by atoms with E-state index < -0.39 is 11.7 Å². The SMILES string of the molecule is Nc1cc2c(cc1NC(=O)c1cc(Cl)ccc1F)OCO2. The fourth-order valence-corrected chi connectivity index (χ4v) is 2.10. The Morgan fingerprint density at radius 3 is 2.71 bits per heavy atom. The first-order valence-corrected chi connectivity index (χ1v) is 6.38. The van der Waals surface area contributed by atoms with Crippen LogP contribution in [0, 0.1) is 5.82 Å². The van der Waals surface area contributed by atoms with E-state index in [1.165, 1.54) is 24.3 Å². The van der Waals surface area contributed by atoms with Gasteiger partial charge in [-0.3, -0.25) is 4.79 Å². The van der Waals surface area contributed by atoms with Gasteiger partial charge in [0.05, 0.1) is 16.9 Å². The highest BCUT2D eigenvalue weighted by molar-refractivity contribution is 6.31. The number of rotatable bonds is 2. The Morgan fingerprint density at radius 1 is 1.24 bits per heavy atom. The zero-order valence-corrected chi connectivity index (χ0v) is 11.4. The van der Waals surface area contributed by atoms with E-state index in [0.717, 1.165) is 6.07 Å². The molecule has 108 valence electrons. The molecule has 0 fully saturated rings. The minimum absolute atomic E-state index is 0.0924. The van der Waals surface area contributed by atoms with Crippen LogP contribution in [0.5, 0.6) is 11.5 Å². The van der Waals surface area contributed by atoms with Gasteiger partial charge < -0.3 is 20.5 Å². The first-order chi connectivity index (χ1) is 10.0. The van der Waals surface area contributed by atoms with Crippen molar-refractivity contribution < 1.29 is 18.7 Å². The summed E-state index contributed by atoms with van der Waals surface area (Å²) in [5.41, 5.74) is 6.25. The molecule has 0 saturated carbocycles. The number of nitrogens with one attached hydrogen (secondary N) is 1. The number of hydrogen-bond acceptors (Lipinski definition) is 4. The molecular formula is C14H10ClFN2O3. The summed E-state index contributed by atoms with van der Waals surface area (Å²) in [6, 6.07) is 6.79. The lowest BCUT2D eigenvalue weighted by Gasteiger charge is -2.10. The Kier molecular flexibility index (Phi) is 3.31. The average molecular weight is 309 g/mol. The van der Waals surface area contributed by atoms with E-state index in [0.29, 0.717) is 17.2 Å². The molecule has 21 heavy (non-hydrogen) atoms. The van der Waals surface area contributed by atoms with Crippen LogP contribution < -0.4 is 20.5 Å². The molecule has 3 rings (SSSR count). The summed E-state index contributed by atoms with van der Waals surface area (Å²) < 4.78 is 24.0. The molecule has 1 amide bonds. The van der Waals surface area contributed by atoms with E-state index >= 15 is 0 Å². The van der Waals surface area contributed by atoms with Gasteiger partial charge in [0.1, 0.15) is 5.82 Å². The second-order valence-electron chi connectivity index (χ2n) is 4.37. The number of amides is 1. The Labute approximate surface area is 124 Å². The molecule has 0 bridgehead atoms. The minimum atomic E-state index is -0.670. The molecule has 1 heterocycles. The highest BCUT2D eigenvalue weighted by Gasteiger charge is 2.19. The molecule has 1 aliphatic rings. The zero-order valence-electron chi connectivity index (χ0n) is 10.7. The fraction of sp³-hybridized carbons (Fsp3) is 0.0714. The smallest absolute Gasteiger partial charge is 0.258 e. The number of hydrogen-bond donors (Lipinski definition) is 2. The van der Waals surface area contributed by atoms with Crippen LogP contribution in [0.3, 0.4) is 0 Å². The van der Waals surface area contributed by atoms with Crippen LogP contribution in [0.1, 0.15) is 10.4 Å². The van der Waals surface area contributed by atoms with E-state index in [1.807, 2.05) is 0 Å².